The molecule has 1 amide bonds. The molecule has 0 bridgehead atoms. The molecule has 0 unspecified atom stereocenters. The number of hydrogen-bond donors (Lipinski definition) is 0. The van der Waals surface area contributed by atoms with Crippen LogP contribution in [0.5, 0.6) is 0 Å². The fraction of sp³-hybridized carbons (Fsp3) is 0.367. The molecule has 0 spiro atoms. The zero-order valence-electron chi connectivity index (χ0n) is 22.3. The molecule has 4 aromatic rings. The number of aromatic nitrogens is 4. The molecule has 1 fully saturated rings. The van der Waals surface area contributed by atoms with E-state index in [-0.39, 0.29) is 17.8 Å². The van der Waals surface area contributed by atoms with Crippen molar-refractivity contribution >= 4 is 28.7 Å². The molecule has 200 valence electrons. The Balaban J connectivity index is 1.24. The summed E-state index contributed by atoms with van der Waals surface area (Å²) in [6.45, 7) is 6.72. The average molecular weight is 525 g/mol. The van der Waals surface area contributed by atoms with Gasteiger partial charge in [-0.3, -0.25) is 14.2 Å². The summed E-state index contributed by atoms with van der Waals surface area (Å²) in [6, 6.07) is 15.8. The van der Waals surface area contributed by atoms with E-state index in [0.717, 1.165) is 65.6 Å². The third-order valence-corrected chi connectivity index (χ3v) is 7.76. The van der Waals surface area contributed by atoms with Gasteiger partial charge in [-0.2, -0.15) is 0 Å². The summed E-state index contributed by atoms with van der Waals surface area (Å²) in [5.41, 5.74) is 5.41. The molecule has 0 radical (unpaired) electrons. The quantitative estimate of drug-likeness (QED) is 0.363. The van der Waals surface area contributed by atoms with E-state index in [1.807, 2.05) is 67.3 Å². The zero-order chi connectivity index (χ0) is 26.9. The van der Waals surface area contributed by atoms with Crippen molar-refractivity contribution in [3.63, 3.8) is 0 Å². The minimum absolute atomic E-state index is 0.0168. The van der Waals surface area contributed by atoms with Crippen LogP contribution in [-0.4, -0.2) is 62.5 Å². The van der Waals surface area contributed by atoms with Crippen molar-refractivity contribution in [3.8, 4) is 5.69 Å². The highest BCUT2D eigenvalue weighted by atomic mass is 16.5. The molecular formula is C30H32N6O3. The van der Waals surface area contributed by atoms with Crippen LogP contribution < -0.4 is 4.90 Å². The first-order valence-corrected chi connectivity index (χ1v) is 13.6. The first-order valence-electron chi connectivity index (χ1n) is 13.6. The van der Waals surface area contributed by atoms with Crippen LogP contribution in [0, 0.1) is 12.8 Å². The van der Waals surface area contributed by atoms with Crippen molar-refractivity contribution in [2.75, 3.05) is 31.1 Å². The first-order chi connectivity index (χ1) is 19.0. The van der Waals surface area contributed by atoms with Crippen LogP contribution in [0.4, 0.5) is 5.82 Å². The molecule has 2 aliphatic rings. The Hall–Kier alpha value is -4.27. The molecule has 6 rings (SSSR count). The highest BCUT2D eigenvalue weighted by molar-refractivity contribution is 5.98. The lowest BCUT2D eigenvalue weighted by atomic mass is 9.96. The number of hydrogen-bond acceptors (Lipinski definition) is 7. The summed E-state index contributed by atoms with van der Waals surface area (Å²) in [4.78, 5) is 43.9. The lowest BCUT2D eigenvalue weighted by Gasteiger charge is -2.35. The first kappa shape index (κ1) is 25.0. The number of para-hydroxylation sites is 1. The summed E-state index contributed by atoms with van der Waals surface area (Å²) in [6.07, 6.45) is 3.76. The van der Waals surface area contributed by atoms with Gasteiger partial charge in [0.15, 0.2) is 0 Å². The van der Waals surface area contributed by atoms with Crippen molar-refractivity contribution in [1.82, 2.24) is 24.4 Å². The Morgan fingerprint density at radius 3 is 2.59 bits per heavy atom. The van der Waals surface area contributed by atoms with Crippen molar-refractivity contribution < 1.29 is 14.3 Å². The van der Waals surface area contributed by atoms with Gasteiger partial charge < -0.3 is 14.5 Å². The lowest BCUT2D eigenvalue weighted by Crippen LogP contribution is -2.41. The van der Waals surface area contributed by atoms with E-state index in [1.165, 1.54) is 0 Å². The summed E-state index contributed by atoms with van der Waals surface area (Å²) in [5.74, 6) is 1.55. The van der Waals surface area contributed by atoms with Crippen LogP contribution in [0.3, 0.4) is 0 Å². The molecule has 0 N–H and O–H groups in total. The van der Waals surface area contributed by atoms with Crippen molar-refractivity contribution in [2.24, 2.45) is 5.92 Å². The van der Waals surface area contributed by atoms with Crippen LogP contribution >= 0.6 is 0 Å². The molecule has 9 heteroatoms. The minimum Gasteiger partial charge on any atom is -0.466 e. The maximum atomic E-state index is 13.8. The van der Waals surface area contributed by atoms with E-state index in [4.69, 9.17) is 9.72 Å². The van der Waals surface area contributed by atoms with Crippen LogP contribution in [0.2, 0.25) is 0 Å². The molecule has 4 heterocycles. The van der Waals surface area contributed by atoms with Crippen molar-refractivity contribution in [3.05, 3.63) is 77.5 Å². The number of carbonyl (C=O) groups is 2. The average Bonchev–Trinajstić information content (AvgIpc) is 3.31. The summed E-state index contributed by atoms with van der Waals surface area (Å²) in [5, 5.41) is 0. The third-order valence-electron chi connectivity index (χ3n) is 7.76. The highest BCUT2D eigenvalue weighted by Gasteiger charge is 2.31. The predicted molar refractivity (Wildman–Crippen MR) is 148 cm³/mol. The molecule has 1 saturated heterocycles. The number of ether oxygens (including phenoxy) is 1. The number of esters is 1. The fourth-order valence-corrected chi connectivity index (χ4v) is 5.77. The number of nitrogens with zero attached hydrogens (tertiary/aromatic N) is 6. The van der Waals surface area contributed by atoms with Crippen LogP contribution in [0.1, 0.15) is 47.2 Å². The second-order valence-corrected chi connectivity index (χ2v) is 10.1. The van der Waals surface area contributed by atoms with Gasteiger partial charge in [0.05, 0.1) is 35.8 Å². The number of rotatable bonds is 5. The van der Waals surface area contributed by atoms with E-state index in [2.05, 4.69) is 19.4 Å². The number of fused-ring (bicyclic) bond motifs is 2. The SMILES string of the molecule is CCOC(=O)C1CCN(c2ncnc3c2CN(C(=O)c2ccc4nc(C)n(-c5ccccc5)c4c2)CC3)CC1. The lowest BCUT2D eigenvalue weighted by molar-refractivity contribution is -0.148. The Labute approximate surface area is 227 Å². The second-order valence-electron chi connectivity index (χ2n) is 10.1. The van der Waals surface area contributed by atoms with Gasteiger partial charge in [0, 0.05) is 42.9 Å². The van der Waals surface area contributed by atoms with Gasteiger partial charge in [-0.15, -0.1) is 0 Å². The number of piperidine rings is 1. The molecular weight excluding hydrogens is 492 g/mol. The Bertz CT molecular complexity index is 1520. The number of amides is 1. The molecule has 39 heavy (non-hydrogen) atoms. The van der Waals surface area contributed by atoms with E-state index in [9.17, 15) is 9.59 Å². The molecule has 2 aliphatic heterocycles. The minimum atomic E-state index is -0.112. The Kier molecular flexibility index (Phi) is 6.72. The smallest absolute Gasteiger partial charge is 0.309 e. The number of aryl methyl sites for hydroxylation is 1. The standard InChI is InChI=1S/C30H32N6O3/c1-3-39-30(38)21-11-14-34(15-12-21)28-24-18-35(16-13-25(24)31-19-32-28)29(37)22-9-10-26-27(17-22)36(20(2)33-26)23-7-5-4-6-8-23/h4-10,17,19,21H,3,11-16,18H2,1-2H3. The van der Waals surface area contributed by atoms with Gasteiger partial charge >= 0.3 is 5.97 Å². The summed E-state index contributed by atoms with van der Waals surface area (Å²) < 4.78 is 7.31. The van der Waals surface area contributed by atoms with E-state index in [0.29, 0.717) is 31.7 Å². The van der Waals surface area contributed by atoms with Gasteiger partial charge in [-0.25, -0.2) is 15.0 Å². The van der Waals surface area contributed by atoms with Gasteiger partial charge in [-0.05, 0) is 57.0 Å². The number of imidazole rings is 1. The van der Waals surface area contributed by atoms with Crippen molar-refractivity contribution in [1.29, 1.82) is 0 Å². The van der Waals surface area contributed by atoms with Crippen LogP contribution in [0.15, 0.2) is 54.9 Å². The third kappa shape index (κ3) is 4.73. The maximum absolute atomic E-state index is 13.8. The molecule has 0 atom stereocenters. The maximum Gasteiger partial charge on any atom is 0.309 e. The fourth-order valence-electron chi connectivity index (χ4n) is 5.77. The molecule has 0 saturated carbocycles. The predicted octanol–water partition coefficient (Wildman–Crippen LogP) is 4.10. The molecule has 9 nitrogen and oxygen atoms in total. The number of carbonyl (C=O) groups excluding carboxylic acids is 2. The van der Waals surface area contributed by atoms with Gasteiger partial charge in [0.25, 0.3) is 5.91 Å². The van der Waals surface area contributed by atoms with Crippen LogP contribution in [-0.2, 0) is 22.5 Å². The second kappa shape index (κ2) is 10.5. The Morgan fingerprint density at radius 2 is 1.82 bits per heavy atom. The summed E-state index contributed by atoms with van der Waals surface area (Å²) >= 11 is 0. The topological polar surface area (TPSA) is 93.4 Å². The monoisotopic (exact) mass is 524 g/mol. The number of benzene rings is 2. The highest BCUT2D eigenvalue weighted by Crippen LogP contribution is 2.31. The van der Waals surface area contributed by atoms with E-state index in [1.54, 1.807) is 6.33 Å². The molecule has 2 aromatic heterocycles. The zero-order valence-corrected chi connectivity index (χ0v) is 22.3. The van der Waals surface area contributed by atoms with Crippen LogP contribution in [0.25, 0.3) is 16.7 Å². The molecule has 2 aromatic carbocycles. The van der Waals surface area contributed by atoms with E-state index < -0.39 is 0 Å². The van der Waals surface area contributed by atoms with Gasteiger partial charge in [0.2, 0.25) is 0 Å². The van der Waals surface area contributed by atoms with Gasteiger partial charge in [0.1, 0.15) is 18.0 Å². The largest absolute Gasteiger partial charge is 0.466 e. The van der Waals surface area contributed by atoms with Gasteiger partial charge in [-0.1, -0.05) is 18.2 Å². The van der Waals surface area contributed by atoms with E-state index >= 15 is 0 Å². The molecule has 0 aliphatic carbocycles. The summed E-state index contributed by atoms with van der Waals surface area (Å²) in [7, 11) is 0. The van der Waals surface area contributed by atoms with Crippen molar-refractivity contribution in [2.45, 2.75) is 39.7 Å². The Morgan fingerprint density at radius 1 is 1.03 bits per heavy atom. The normalized spacial score (nSPS) is 15.8. The number of anilines is 1.